The van der Waals surface area contributed by atoms with E-state index in [4.69, 9.17) is 14.2 Å². The van der Waals surface area contributed by atoms with Gasteiger partial charge in [0.05, 0.1) is 23.9 Å². The fourth-order valence-corrected chi connectivity index (χ4v) is 5.90. The molecule has 1 saturated heterocycles. The second-order valence-corrected chi connectivity index (χ2v) is 10.8. The van der Waals surface area contributed by atoms with Crippen LogP contribution in [0.5, 0.6) is 11.5 Å². The number of fused-ring (bicyclic) bond motifs is 1. The number of ether oxygens (including phenoxy) is 3. The lowest BCUT2D eigenvalue weighted by Crippen LogP contribution is -2.29. The van der Waals surface area contributed by atoms with Crippen molar-refractivity contribution in [1.82, 2.24) is 4.98 Å². The van der Waals surface area contributed by atoms with Crippen molar-refractivity contribution in [3.8, 4) is 11.5 Å². The second-order valence-electron chi connectivity index (χ2n) is 9.84. The van der Waals surface area contributed by atoms with Gasteiger partial charge in [-0.15, -0.1) is 0 Å². The number of thiazole rings is 1. The van der Waals surface area contributed by atoms with Crippen LogP contribution in [0.2, 0.25) is 0 Å². The van der Waals surface area contributed by atoms with Gasteiger partial charge in [0, 0.05) is 12.0 Å². The molecule has 2 atom stereocenters. The third kappa shape index (κ3) is 5.35. The van der Waals surface area contributed by atoms with Crippen LogP contribution in [0.1, 0.15) is 58.4 Å². The second kappa shape index (κ2) is 11.6. The van der Waals surface area contributed by atoms with Crippen LogP contribution in [0, 0.1) is 6.92 Å². The molecule has 9 nitrogen and oxygen atoms in total. The van der Waals surface area contributed by atoms with Gasteiger partial charge in [0.1, 0.15) is 34.8 Å². The number of benzene rings is 2. The van der Waals surface area contributed by atoms with E-state index in [0.29, 0.717) is 35.6 Å². The maximum atomic E-state index is 13.6. The molecule has 1 N–H and O–H groups in total. The van der Waals surface area contributed by atoms with E-state index >= 15 is 0 Å². The zero-order valence-electron chi connectivity index (χ0n) is 23.0. The van der Waals surface area contributed by atoms with Gasteiger partial charge in [-0.3, -0.25) is 14.5 Å². The smallest absolute Gasteiger partial charge is 0.350 e. The normalized spacial score (nSPS) is 19.1. The lowest BCUT2D eigenvalue weighted by atomic mass is 9.94. The molecule has 2 aromatic carbocycles. The van der Waals surface area contributed by atoms with E-state index in [9.17, 15) is 19.5 Å². The Morgan fingerprint density at radius 3 is 2.71 bits per heavy atom. The first-order valence-electron chi connectivity index (χ1n) is 13.3. The summed E-state index contributed by atoms with van der Waals surface area (Å²) >= 11 is 0.947. The van der Waals surface area contributed by atoms with Crippen LogP contribution in [-0.4, -0.2) is 47.1 Å². The van der Waals surface area contributed by atoms with E-state index in [1.54, 1.807) is 49.4 Å². The molecule has 0 bridgehead atoms. The molecule has 1 amide bonds. The largest absolute Gasteiger partial charge is 0.507 e. The predicted octanol–water partition coefficient (Wildman–Crippen LogP) is 5.53. The van der Waals surface area contributed by atoms with E-state index in [2.05, 4.69) is 11.6 Å². The summed E-state index contributed by atoms with van der Waals surface area (Å²) < 4.78 is 16.7. The molecule has 10 heteroatoms. The number of aliphatic hydroxyl groups excluding tert-OH is 1. The number of nitrogens with zero attached hydrogens (tertiary/aromatic N) is 2. The Kier molecular flexibility index (Phi) is 7.94. The molecular formula is C31H30N2O7S. The number of aryl methyl sites for hydroxylation is 1. The molecule has 2 aliphatic heterocycles. The van der Waals surface area contributed by atoms with Crippen LogP contribution >= 0.6 is 11.3 Å². The summed E-state index contributed by atoms with van der Waals surface area (Å²) in [7, 11) is 0. The summed E-state index contributed by atoms with van der Waals surface area (Å²) in [6, 6.07) is 11.2. The Hall–Kier alpha value is -4.44. The van der Waals surface area contributed by atoms with Crippen LogP contribution in [0.15, 0.2) is 60.7 Å². The van der Waals surface area contributed by atoms with Crippen molar-refractivity contribution < 1.29 is 33.7 Å². The van der Waals surface area contributed by atoms with Gasteiger partial charge >= 0.3 is 11.9 Å². The molecule has 212 valence electrons. The average Bonchev–Trinajstić information content (AvgIpc) is 3.62. The number of amides is 1. The maximum Gasteiger partial charge on any atom is 0.350 e. The number of anilines is 1. The Labute approximate surface area is 241 Å². The fourth-order valence-electron chi connectivity index (χ4n) is 4.91. The molecular weight excluding hydrogens is 544 g/mol. The van der Waals surface area contributed by atoms with Gasteiger partial charge < -0.3 is 19.3 Å². The van der Waals surface area contributed by atoms with Crippen LogP contribution in [0.25, 0.3) is 5.76 Å². The van der Waals surface area contributed by atoms with Crippen molar-refractivity contribution in [3.63, 3.8) is 0 Å². The number of aromatic nitrogens is 1. The first-order chi connectivity index (χ1) is 19.7. The Balaban J connectivity index is 1.62. The standard InChI is InChI=1S/C31H30N2O7S/c1-5-13-38-22-10-7-19(8-11-22)25-24(26(34)20-9-12-23-21(16-20)15-17(3)40-23)27(35)29(36)33(25)31-32-18(4)28(41-31)30(37)39-14-6-2/h6-12,16-17,25,34H,2,5,13-15H2,1,3-4H3. The Morgan fingerprint density at radius 1 is 1.24 bits per heavy atom. The lowest BCUT2D eigenvalue weighted by Gasteiger charge is -2.23. The molecule has 0 saturated carbocycles. The molecule has 1 aromatic heterocycles. The predicted molar refractivity (Wildman–Crippen MR) is 155 cm³/mol. The van der Waals surface area contributed by atoms with Crippen molar-refractivity contribution in [3.05, 3.63) is 88.0 Å². The number of hydrogen-bond donors (Lipinski definition) is 1. The monoisotopic (exact) mass is 574 g/mol. The number of hydrogen-bond acceptors (Lipinski definition) is 9. The van der Waals surface area contributed by atoms with Crippen LogP contribution in [0.4, 0.5) is 5.13 Å². The van der Waals surface area contributed by atoms with E-state index in [0.717, 1.165) is 29.1 Å². The minimum absolute atomic E-state index is 0.00178. The molecule has 41 heavy (non-hydrogen) atoms. The molecule has 0 spiro atoms. The summed E-state index contributed by atoms with van der Waals surface area (Å²) in [6.07, 6.45) is 2.96. The number of aliphatic hydroxyl groups is 1. The highest BCUT2D eigenvalue weighted by atomic mass is 32.1. The molecule has 2 unspecified atom stereocenters. The van der Waals surface area contributed by atoms with Crippen molar-refractivity contribution in [2.45, 2.75) is 45.8 Å². The number of carbonyl (C=O) groups is 3. The summed E-state index contributed by atoms with van der Waals surface area (Å²) in [4.78, 5) is 45.6. The molecule has 3 heterocycles. The average molecular weight is 575 g/mol. The molecule has 2 aliphatic rings. The molecule has 0 aliphatic carbocycles. The molecule has 0 radical (unpaired) electrons. The van der Waals surface area contributed by atoms with Gasteiger partial charge in [-0.25, -0.2) is 9.78 Å². The van der Waals surface area contributed by atoms with Gasteiger partial charge in [0.2, 0.25) is 0 Å². The summed E-state index contributed by atoms with van der Waals surface area (Å²) in [5.41, 5.74) is 2.15. The quantitative estimate of drug-likeness (QED) is 0.117. The van der Waals surface area contributed by atoms with Crippen molar-refractivity contribution >= 4 is 39.9 Å². The highest BCUT2D eigenvalue weighted by Gasteiger charge is 2.48. The first kappa shape index (κ1) is 28.1. The highest BCUT2D eigenvalue weighted by Crippen LogP contribution is 2.44. The SMILES string of the molecule is C=CCOC(=O)c1sc(N2C(=O)C(=O)C(=C(O)c3ccc4c(c3)CC(C)O4)C2c2ccc(OCCC)cc2)nc1C. The molecule has 5 rings (SSSR count). The van der Waals surface area contributed by atoms with Gasteiger partial charge in [-0.1, -0.05) is 43.0 Å². The van der Waals surface area contributed by atoms with Gasteiger partial charge in [0.15, 0.2) is 5.13 Å². The number of rotatable bonds is 9. The highest BCUT2D eigenvalue weighted by molar-refractivity contribution is 7.17. The fraction of sp³-hybridized carbons (Fsp3) is 0.290. The van der Waals surface area contributed by atoms with E-state index < -0.39 is 23.7 Å². The molecule has 3 aromatic rings. The molecule has 1 fully saturated rings. The lowest BCUT2D eigenvalue weighted by molar-refractivity contribution is -0.132. The Morgan fingerprint density at radius 2 is 2.00 bits per heavy atom. The third-order valence-electron chi connectivity index (χ3n) is 6.79. The van der Waals surface area contributed by atoms with Crippen molar-refractivity contribution in [1.29, 1.82) is 0 Å². The number of esters is 1. The number of Topliss-reactive ketones (excluding diaryl/α,β-unsaturated/α-hetero) is 1. The van der Waals surface area contributed by atoms with Crippen molar-refractivity contribution in [2.24, 2.45) is 0 Å². The zero-order valence-corrected chi connectivity index (χ0v) is 23.8. The van der Waals surface area contributed by atoms with Crippen LogP contribution in [0.3, 0.4) is 0 Å². The zero-order chi connectivity index (χ0) is 29.3. The summed E-state index contributed by atoms with van der Waals surface area (Å²) in [6.45, 7) is 9.70. The maximum absolute atomic E-state index is 13.6. The van der Waals surface area contributed by atoms with Crippen LogP contribution in [-0.2, 0) is 20.7 Å². The third-order valence-corrected chi connectivity index (χ3v) is 7.93. The first-order valence-corrected chi connectivity index (χ1v) is 14.1. The van der Waals surface area contributed by atoms with Crippen LogP contribution < -0.4 is 14.4 Å². The summed E-state index contributed by atoms with van der Waals surface area (Å²) in [5.74, 6) is -1.26. The van der Waals surface area contributed by atoms with Gasteiger partial charge in [0.25, 0.3) is 5.78 Å². The Bertz CT molecular complexity index is 1560. The minimum atomic E-state index is -0.999. The van der Waals surface area contributed by atoms with E-state index in [1.165, 1.54) is 11.0 Å². The summed E-state index contributed by atoms with van der Waals surface area (Å²) in [5, 5.41) is 11.7. The topological polar surface area (TPSA) is 115 Å². The number of carbonyl (C=O) groups excluding carboxylic acids is 3. The minimum Gasteiger partial charge on any atom is -0.507 e. The van der Waals surface area contributed by atoms with E-state index in [1.807, 2.05) is 13.8 Å². The van der Waals surface area contributed by atoms with E-state index in [-0.39, 0.29) is 34.1 Å². The van der Waals surface area contributed by atoms with Crippen molar-refractivity contribution in [2.75, 3.05) is 18.1 Å². The van der Waals surface area contributed by atoms with Gasteiger partial charge in [-0.05, 0) is 61.7 Å². The number of ketones is 1. The van der Waals surface area contributed by atoms with Gasteiger partial charge in [-0.2, -0.15) is 0 Å².